The number of nitrogens with zero attached hydrogens (tertiary/aromatic N) is 3. The average Bonchev–Trinajstić information content (AvgIpc) is 3.11. The third-order valence-electron chi connectivity index (χ3n) is 4.84. The number of hydrogen-bond acceptors (Lipinski definition) is 3. The van der Waals surface area contributed by atoms with Crippen LogP contribution in [0.2, 0.25) is 0 Å². The number of likely N-dealkylation sites (N-methyl/N-ethyl adjacent to an activating group) is 1. The van der Waals surface area contributed by atoms with Gasteiger partial charge < -0.3 is 9.80 Å². The Balaban J connectivity index is 1.47. The van der Waals surface area contributed by atoms with E-state index in [0.29, 0.717) is 18.7 Å². The molecule has 1 fully saturated rings. The number of hydrogen-bond donors (Lipinski definition) is 1. The van der Waals surface area contributed by atoms with E-state index in [4.69, 9.17) is 0 Å². The molecule has 2 amide bonds. The summed E-state index contributed by atoms with van der Waals surface area (Å²) >= 11 is 0. The van der Waals surface area contributed by atoms with Crippen LogP contribution in [0.3, 0.4) is 0 Å². The second kappa shape index (κ2) is 7.07. The molecule has 136 valence electrons. The molecule has 3 aromatic rings. The van der Waals surface area contributed by atoms with Gasteiger partial charge in [-0.25, -0.2) is 0 Å². The van der Waals surface area contributed by atoms with Crippen LogP contribution in [0.5, 0.6) is 0 Å². The second-order valence-electron chi connectivity index (χ2n) is 6.65. The standard InChI is InChI=1S/C21H20N4O2/c1-24-12-13-25(14-20(24)26)21(27)16-9-6-15(7-10-16)8-11-19-17-4-2-3-5-18(17)22-23-19/h2-11H,12-14H2,1H3,(H,22,23)/b11-8+. The van der Waals surface area contributed by atoms with Gasteiger partial charge in [0.2, 0.25) is 5.91 Å². The number of aromatic nitrogens is 2. The van der Waals surface area contributed by atoms with E-state index >= 15 is 0 Å². The molecule has 6 heteroatoms. The summed E-state index contributed by atoms with van der Waals surface area (Å²) < 4.78 is 0. The molecule has 0 saturated carbocycles. The molecule has 6 nitrogen and oxygen atoms in total. The van der Waals surface area contributed by atoms with Crippen LogP contribution in [-0.4, -0.2) is 58.5 Å². The number of carbonyl (C=O) groups is 2. The van der Waals surface area contributed by atoms with Crippen LogP contribution >= 0.6 is 0 Å². The van der Waals surface area contributed by atoms with Crippen LogP contribution in [-0.2, 0) is 4.79 Å². The van der Waals surface area contributed by atoms with Crippen molar-refractivity contribution >= 4 is 34.9 Å². The summed E-state index contributed by atoms with van der Waals surface area (Å²) in [5.74, 6) is -0.134. The Kier molecular flexibility index (Phi) is 4.46. The van der Waals surface area contributed by atoms with E-state index in [1.165, 1.54) is 0 Å². The highest BCUT2D eigenvalue weighted by Gasteiger charge is 2.25. The van der Waals surface area contributed by atoms with Gasteiger partial charge in [0, 0.05) is 31.1 Å². The zero-order chi connectivity index (χ0) is 18.8. The van der Waals surface area contributed by atoms with Crippen LogP contribution in [0.4, 0.5) is 0 Å². The van der Waals surface area contributed by atoms with E-state index in [-0.39, 0.29) is 18.4 Å². The van der Waals surface area contributed by atoms with E-state index in [1.54, 1.807) is 29.0 Å². The fourth-order valence-corrected chi connectivity index (χ4v) is 3.14. The van der Waals surface area contributed by atoms with Gasteiger partial charge in [-0.3, -0.25) is 14.7 Å². The lowest BCUT2D eigenvalue weighted by atomic mass is 10.1. The maximum Gasteiger partial charge on any atom is 0.254 e. The molecule has 2 heterocycles. The number of para-hydroxylation sites is 1. The second-order valence-corrected chi connectivity index (χ2v) is 6.65. The molecule has 1 aliphatic heterocycles. The summed E-state index contributed by atoms with van der Waals surface area (Å²) in [6.07, 6.45) is 3.92. The minimum Gasteiger partial charge on any atom is -0.342 e. The molecule has 0 aliphatic carbocycles. The van der Waals surface area contributed by atoms with Gasteiger partial charge in [0.05, 0.1) is 11.2 Å². The van der Waals surface area contributed by atoms with Crippen molar-refractivity contribution < 1.29 is 9.59 Å². The molecule has 0 bridgehead atoms. The predicted molar refractivity (Wildman–Crippen MR) is 105 cm³/mol. The lowest BCUT2D eigenvalue weighted by Crippen LogP contribution is -2.50. The highest BCUT2D eigenvalue weighted by molar-refractivity contribution is 5.97. The Bertz CT molecular complexity index is 1020. The molecule has 2 aromatic carbocycles. The third kappa shape index (κ3) is 3.46. The first-order valence-corrected chi connectivity index (χ1v) is 8.86. The van der Waals surface area contributed by atoms with Crippen molar-refractivity contribution in [1.29, 1.82) is 0 Å². The van der Waals surface area contributed by atoms with Crippen molar-refractivity contribution in [3.05, 3.63) is 65.4 Å². The van der Waals surface area contributed by atoms with Gasteiger partial charge in [-0.1, -0.05) is 36.4 Å². The maximum atomic E-state index is 12.6. The van der Waals surface area contributed by atoms with Gasteiger partial charge in [0.15, 0.2) is 0 Å². The Hall–Kier alpha value is -3.41. The molecule has 0 atom stereocenters. The first-order chi connectivity index (χ1) is 13.1. The van der Waals surface area contributed by atoms with Crippen LogP contribution < -0.4 is 0 Å². The Morgan fingerprint density at radius 2 is 1.85 bits per heavy atom. The molecule has 0 radical (unpaired) electrons. The smallest absolute Gasteiger partial charge is 0.254 e. The van der Waals surface area contributed by atoms with Crippen LogP contribution in [0.1, 0.15) is 21.6 Å². The van der Waals surface area contributed by atoms with Crippen molar-refractivity contribution in [3.8, 4) is 0 Å². The molecule has 0 spiro atoms. The fraction of sp³-hybridized carbons (Fsp3) is 0.190. The molecule has 27 heavy (non-hydrogen) atoms. The number of rotatable bonds is 3. The zero-order valence-electron chi connectivity index (χ0n) is 15.1. The van der Waals surface area contributed by atoms with Gasteiger partial charge in [-0.05, 0) is 29.8 Å². The minimum atomic E-state index is -0.106. The van der Waals surface area contributed by atoms with E-state index < -0.39 is 0 Å². The van der Waals surface area contributed by atoms with Crippen molar-refractivity contribution in [2.75, 3.05) is 26.7 Å². The van der Waals surface area contributed by atoms with E-state index in [2.05, 4.69) is 10.2 Å². The van der Waals surface area contributed by atoms with E-state index in [9.17, 15) is 9.59 Å². The zero-order valence-corrected chi connectivity index (χ0v) is 15.1. The number of nitrogens with one attached hydrogen (secondary N) is 1. The van der Waals surface area contributed by atoms with Crippen molar-refractivity contribution in [3.63, 3.8) is 0 Å². The number of H-pyrrole nitrogens is 1. The topological polar surface area (TPSA) is 69.3 Å². The lowest BCUT2D eigenvalue weighted by Gasteiger charge is -2.32. The summed E-state index contributed by atoms with van der Waals surface area (Å²) in [5.41, 5.74) is 3.45. The molecule has 1 aliphatic rings. The monoisotopic (exact) mass is 360 g/mol. The molecule has 1 aromatic heterocycles. The van der Waals surface area contributed by atoms with E-state index in [1.807, 2.05) is 48.6 Å². The summed E-state index contributed by atoms with van der Waals surface area (Å²) in [4.78, 5) is 27.6. The molecular formula is C21H20N4O2. The van der Waals surface area contributed by atoms with Crippen molar-refractivity contribution in [2.45, 2.75) is 0 Å². The number of benzene rings is 2. The number of fused-ring (bicyclic) bond motifs is 1. The number of piperazine rings is 1. The van der Waals surface area contributed by atoms with Gasteiger partial charge in [0.1, 0.15) is 6.54 Å². The average molecular weight is 360 g/mol. The summed E-state index contributed by atoms with van der Waals surface area (Å²) in [5, 5.41) is 8.40. The van der Waals surface area contributed by atoms with Crippen molar-refractivity contribution in [2.24, 2.45) is 0 Å². The first kappa shape index (κ1) is 17.0. The quantitative estimate of drug-likeness (QED) is 0.781. The number of aromatic amines is 1. The molecule has 4 rings (SSSR count). The predicted octanol–water partition coefficient (Wildman–Crippen LogP) is 2.65. The fourth-order valence-electron chi connectivity index (χ4n) is 3.14. The summed E-state index contributed by atoms with van der Waals surface area (Å²) in [6.45, 7) is 1.28. The first-order valence-electron chi connectivity index (χ1n) is 8.86. The molecular weight excluding hydrogens is 340 g/mol. The SMILES string of the molecule is CN1CCN(C(=O)c2ccc(/C=C/c3n[nH]c4ccccc34)cc2)CC1=O. The summed E-state index contributed by atoms with van der Waals surface area (Å²) in [6, 6.07) is 15.4. The molecule has 1 saturated heterocycles. The Labute approximate surface area is 157 Å². The number of amides is 2. The highest BCUT2D eigenvalue weighted by atomic mass is 16.2. The van der Waals surface area contributed by atoms with Crippen LogP contribution in [0.25, 0.3) is 23.1 Å². The van der Waals surface area contributed by atoms with Crippen LogP contribution in [0.15, 0.2) is 48.5 Å². The van der Waals surface area contributed by atoms with Gasteiger partial charge >= 0.3 is 0 Å². The number of carbonyl (C=O) groups excluding carboxylic acids is 2. The van der Waals surface area contributed by atoms with E-state index in [0.717, 1.165) is 22.2 Å². The third-order valence-corrected chi connectivity index (χ3v) is 4.84. The Morgan fingerprint density at radius 1 is 1.07 bits per heavy atom. The molecule has 0 unspecified atom stereocenters. The van der Waals surface area contributed by atoms with Crippen molar-refractivity contribution in [1.82, 2.24) is 20.0 Å². The largest absolute Gasteiger partial charge is 0.342 e. The van der Waals surface area contributed by atoms with Crippen LogP contribution in [0, 0.1) is 0 Å². The normalized spacial score (nSPS) is 15.1. The molecule has 1 N–H and O–H groups in total. The van der Waals surface area contributed by atoms with Gasteiger partial charge in [0.25, 0.3) is 5.91 Å². The van der Waals surface area contributed by atoms with Gasteiger partial charge in [-0.15, -0.1) is 0 Å². The minimum absolute atomic E-state index is 0.0274. The summed E-state index contributed by atoms with van der Waals surface area (Å²) in [7, 11) is 1.76. The highest BCUT2D eigenvalue weighted by Crippen LogP contribution is 2.18. The van der Waals surface area contributed by atoms with Gasteiger partial charge in [-0.2, -0.15) is 5.10 Å². The lowest BCUT2D eigenvalue weighted by molar-refractivity contribution is -0.133. The Morgan fingerprint density at radius 3 is 2.63 bits per heavy atom. The maximum absolute atomic E-state index is 12.6.